The Hall–Kier alpha value is -2.51. The first-order chi connectivity index (χ1) is 15.9. The summed E-state index contributed by atoms with van der Waals surface area (Å²) in [4.78, 5) is 21.0. The Bertz CT molecular complexity index is 1180. The molecule has 174 valence electrons. The molecule has 0 fully saturated rings. The van der Waals surface area contributed by atoms with Crippen LogP contribution in [0.5, 0.6) is 0 Å². The van der Waals surface area contributed by atoms with Gasteiger partial charge in [-0.15, -0.1) is 21.5 Å². The molecule has 0 aliphatic carbocycles. The molecule has 1 atom stereocenters. The Balaban J connectivity index is 1.72. The summed E-state index contributed by atoms with van der Waals surface area (Å²) < 4.78 is 2.10. The molecule has 8 heteroatoms. The van der Waals surface area contributed by atoms with Gasteiger partial charge in [-0.25, -0.2) is 0 Å². The monoisotopic (exact) mass is 483 g/mol. The molecule has 6 nitrogen and oxygen atoms in total. The van der Waals surface area contributed by atoms with Crippen molar-refractivity contribution in [2.45, 2.75) is 59.4 Å². The molecule has 3 heterocycles. The van der Waals surface area contributed by atoms with Gasteiger partial charge < -0.3 is 4.90 Å². The van der Waals surface area contributed by atoms with E-state index in [2.05, 4.69) is 34.7 Å². The van der Waals surface area contributed by atoms with E-state index in [1.165, 1.54) is 0 Å². The van der Waals surface area contributed by atoms with Crippen LogP contribution in [0, 0.1) is 6.92 Å². The van der Waals surface area contributed by atoms with Crippen molar-refractivity contribution >= 4 is 34.6 Å². The van der Waals surface area contributed by atoms with Crippen LogP contribution in [0.4, 0.5) is 0 Å². The second-order valence-corrected chi connectivity index (χ2v) is 9.91. The first-order valence-electron chi connectivity index (χ1n) is 11.6. The fraction of sp³-hybridized carbons (Fsp3) is 0.440. The number of hydrogen-bond donors (Lipinski definition) is 0. The van der Waals surface area contributed by atoms with Gasteiger partial charge in [0.25, 0.3) is 0 Å². The quantitative estimate of drug-likeness (QED) is 0.407. The van der Waals surface area contributed by atoms with Gasteiger partial charge in [0.1, 0.15) is 16.9 Å². The molecular weight excluding hydrogens is 454 g/mol. The Morgan fingerprint density at radius 1 is 1.15 bits per heavy atom. The van der Waals surface area contributed by atoms with Gasteiger partial charge in [-0.3, -0.25) is 14.4 Å². The van der Waals surface area contributed by atoms with E-state index in [0.717, 1.165) is 64.3 Å². The first-order valence-corrected chi connectivity index (χ1v) is 12.8. The number of aromatic nitrogens is 3. The molecule has 33 heavy (non-hydrogen) atoms. The minimum Gasteiger partial charge on any atom is -0.343 e. The van der Waals surface area contributed by atoms with E-state index >= 15 is 0 Å². The Morgan fingerprint density at radius 2 is 1.88 bits per heavy atom. The topological polar surface area (TPSA) is 63.4 Å². The highest BCUT2D eigenvalue weighted by molar-refractivity contribution is 7.15. The highest BCUT2D eigenvalue weighted by Crippen LogP contribution is 2.37. The van der Waals surface area contributed by atoms with E-state index in [0.29, 0.717) is 17.9 Å². The highest BCUT2D eigenvalue weighted by atomic mass is 35.5. The van der Waals surface area contributed by atoms with Crippen LogP contribution in [0.2, 0.25) is 5.02 Å². The first kappa shape index (κ1) is 23.6. The summed E-state index contributed by atoms with van der Waals surface area (Å²) in [5.74, 6) is 1.87. The zero-order chi connectivity index (χ0) is 23.5. The standard InChI is InChI=1S/C25H30ClN5OS/c1-5-13-30(14-6-2)22(32)12-11-18-15-20-23(19-9-7-8-10-21(19)26)27-16(3)24-29-28-17(4)31(24)25(20)33-18/h7-10,15-16H,5-6,11-14H2,1-4H3. The summed E-state index contributed by atoms with van der Waals surface area (Å²) in [6, 6.07) is 9.81. The maximum Gasteiger partial charge on any atom is 0.222 e. The molecule has 0 N–H and O–H groups in total. The molecule has 2 aromatic heterocycles. The van der Waals surface area contributed by atoms with Crippen molar-refractivity contribution in [2.24, 2.45) is 4.99 Å². The number of fused-ring (bicyclic) bond motifs is 3. The van der Waals surface area contributed by atoms with Crippen molar-refractivity contribution in [1.29, 1.82) is 0 Å². The fourth-order valence-corrected chi connectivity index (χ4v) is 5.71. The molecule has 0 saturated heterocycles. The van der Waals surface area contributed by atoms with Gasteiger partial charge in [0.2, 0.25) is 5.91 Å². The lowest BCUT2D eigenvalue weighted by Gasteiger charge is -2.21. The maximum absolute atomic E-state index is 12.8. The summed E-state index contributed by atoms with van der Waals surface area (Å²) in [5, 5.41) is 10.4. The zero-order valence-corrected chi connectivity index (χ0v) is 21.2. The van der Waals surface area contributed by atoms with Gasteiger partial charge >= 0.3 is 0 Å². The molecule has 0 radical (unpaired) electrons. The van der Waals surface area contributed by atoms with Crippen LogP contribution in [0.1, 0.15) is 73.7 Å². The number of amides is 1. The second-order valence-electron chi connectivity index (χ2n) is 8.39. The number of aryl methyl sites for hydroxylation is 2. The third-order valence-electron chi connectivity index (χ3n) is 5.82. The normalized spacial score (nSPS) is 14.9. The number of carbonyl (C=O) groups is 1. The van der Waals surface area contributed by atoms with Crippen LogP contribution < -0.4 is 0 Å². The van der Waals surface area contributed by atoms with Crippen LogP contribution in [-0.4, -0.2) is 44.4 Å². The maximum atomic E-state index is 12.8. The second kappa shape index (κ2) is 10.2. The minimum atomic E-state index is -0.154. The summed E-state index contributed by atoms with van der Waals surface area (Å²) >= 11 is 8.27. The lowest BCUT2D eigenvalue weighted by atomic mass is 10.0. The van der Waals surface area contributed by atoms with Crippen LogP contribution in [0.3, 0.4) is 0 Å². The van der Waals surface area contributed by atoms with Gasteiger partial charge in [0, 0.05) is 40.5 Å². The molecule has 0 spiro atoms. The molecule has 1 amide bonds. The van der Waals surface area contributed by atoms with Crippen molar-refractivity contribution in [3.05, 3.63) is 63.0 Å². The molecule has 1 unspecified atom stereocenters. The number of rotatable bonds is 8. The Morgan fingerprint density at radius 3 is 2.58 bits per heavy atom. The largest absolute Gasteiger partial charge is 0.343 e. The molecule has 3 aromatic rings. The van der Waals surface area contributed by atoms with Gasteiger partial charge in [-0.05, 0) is 45.2 Å². The van der Waals surface area contributed by atoms with E-state index in [4.69, 9.17) is 16.6 Å². The molecule has 1 aliphatic rings. The van der Waals surface area contributed by atoms with Crippen molar-refractivity contribution < 1.29 is 4.79 Å². The Labute approximate surface area is 204 Å². The summed E-state index contributed by atoms with van der Waals surface area (Å²) in [5.41, 5.74) is 2.78. The number of benzene rings is 1. The molecule has 0 saturated carbocycles. The van der Waals surface area contributed by atoms with E-state index in [1.54, 1.807) is 11.3 Å². The molecule has 1 aliphatic heterocycles. The van der Waals surface area contributed by atoms with E-state index in [-0.39, 0.29) is 11.9 Å². The third kappa shape index (κ3) is 4.75. The van der Waals surface area contributed by atoms with Crippen LogP contribution in [0.15, 0.2) is 35.3 Å². The Kier molecular flexibility index (Phi) is 7.29. The fourth-order valence-electron chi connectivity index (χ4n) is 4.27. The van der Waals surface area contributed by atoms with Gasteiger partial charge in [0.15, 0.2) is 5.82 Å². The summed E-state index contributed by atoms with van der Waals surface area (Å²) in [6.07, 6.45) is 3.15. The SMILES string of the molecule is CCCN(CCC)C(=O)CCc1cc2c(s1)-n1c(C)nnc1C(C)N=C2c1ccccc1Cl. The van der Waals surface area contributed by atoms with Gasteiger partial charge in [0.05, 0.1) is 5.71 Å². The van der Waals surface area contributed by atoms with Crippen molar-refractivity contribution in [3.8, 4) is 5.00 Å². The van der Waals surface area contributed by atoms with Gasteiger partial charge in [-0.2, -0.15) is 0 Å². The number of thiophene rings is 1. The lowest BCUT2D eigenvalue weighted by molar-refractivity contribution is -0.131. The third-order valence-corrected chi connectivity index (χ3v) is 7.33. The molecule has 1 aromatic carbocycles. The molecule has 0 bridgehead atoms. The van der Waals surface area contributed by atoms with Crippen molar-refractivity contribution in [1.82, 2.24) is 19.7 Å². The minimum absolute atomic E-state index is 0.154. The zero-order valence-electron chi connectivity index (χ0n) is 19.6. The number of aliphatic imine (C=N–C) groups is 1. The summed E-state index contributed by atoms with van der Waals surface area (Å²) in [7, 11) is 0. The lowest BCUT2D eigenvalue weighted by Crippen LogP contribution is -2.32. The van der Waals surface area contributed by atoms with Crippen molar-refractivity contribution in [2.75, 3.05) is 13.1 Å². The number of halogens is 1. The predicted octanol–water partition coefficient (Wildman–Crippen LogP) is 5.78. The number of carbonyl (C=O) groups excluding carboxylic acids is 1. The molecule has 4 rings (SSSR count). The van der Waals surface area contributed by atoms with E-state index in [9.17, 15) is 4.79 Å². The van der Waals surface area contributed by atoms with Crippen LogP contribution in [-0.2, 0) is 11.2 Å². The predicted molar refractivity (Wildman–Crippen MR) is 135 cm³/mol. The van der Waals surface area contributed by atoms with Gasteiger partial charge in [-0.1, -0.05) is 43.6 Å². The van der Waals surface area contributed by atoms with Crippen molar-refractivity contribution in [3.63, 3.8) is 0 Å². The number of nitrogens with zero attached hydrogens (tertiary/aromatic N) is 5. The van der Waals surface area contributed by atoms with E-state index in [1.807, 2.05) is 43.0 Å². The smallest absolute Gasteiger partial charge is 0.222 e. The average molecular weight is 484 g/mol. The summed E-state index contributed by atoms with van der Waals surface area (Å²) in [6.45, 7) is 9.85. The molecular formula is C25H30ClN5OS. The highest BCUT2D eigenvalue weighted by Gasteiger charge is 2.28. The van der Waals surface area contributed by atoms with Crippen LogP contribution in [0.25, 0.3) is 5.00 Å². The number of hydrogen-bond acceptors (Lipinski definition) is 5. The van der Waals surface area contributed by atoms with Crippen LogP contribution >= 0.6 is 22.9 Å². The van der Waals surface area contributed by atoms with E-state index < -0.39 is 0 Å². The average Bonchev–Trinajstić information content (AvgIpc) is 3.36.